The van der Waals surface area contributed by atoms with Crippen molar-refractivity contribution >= 4 is 34.8 Å². The van der Waals surface area contributed by atoms with Crippen LogP contribution in [0.3, 0.4) is 0 Å². The first-order chi connectivity index (χ1) is 8.34. The molecule has 100 valence electrons. The molecule has 0 spiro atoms. The number of rotatable bonds is 4. The summed E-state index contributed by atoms with van der Waals surface area (Å²) in [5, 5.41) is 3.76. The van der Waals surface area contributed by atoms with Gasteiger partial charge in [0.25, 0.3) is 0 Å². The van der Waals surface area contributed by atoms with Gasteiger partial charge in [-0.2, -0.15) is 0 Å². The van der Waals surface area contributed by atoms with Crippen LogP contribution >= 0.6 is 23.2 Å². The van der Waals surface area contributed by atoms with Gasteiger partial charge < -0.3 is 11.1 Å². The molecule has 0 aliphatic carbocycles. The van der Waals surface area contributed by atoms with Crippen molar-refractivity contribution in [2.45, 2.75) is 39.2 Å². The number of hydrogen-bond donors (Lipinski definition) is 2. The van der Waals surface area contributed by atoms with Crippen molar-refractivity contribution in [2.24, 2.45) is 5.73 Å². The standard InChI is InChI=1S/C13H18Cl2N2O/c1-4-13(16,5-2)12(18)17-11-7-9(14)8(3)6-10(11)15/h6-7H,4-5,16H2,1-3H3,(H,17,18). The molecular weight excluding hydrogens is 271 g/mol. The lowest BCUT2D eigenvalue weighted by Gasteiger charge is -2.25. The van der Waals surface area contributed by atoms with Crippen molar-refractivity contribution in [3.05, 3.63) is 27.7 Å². The summed E-state index contributed by atoms with van der Waals surface area (Å²) in [7, 11) is 0. The first-order valence-corrected chi connectivity index (χ1v) is 6.65. The molecule has 3 N–H and O–H groups in total. The smallest absolute Gasteiger partial charge is 0.244 e. The summed E-state index contributed by atoms with van der Waals surface area (Å²) in [6.45, 7) is 5.62. The topological polar surface area (TPSA) is 55.1 Å². The Bertz CT molecular complexity index is 457. The average molecular weight is 289 g/mol. The third kappa shape index (κ3) is 3.16. The summed E-state index contributed by atoms with van der Waals surface area (Å²) < 4.78 is 0. The van der Waals surface area contributed by atoms with Crippen LogP contribution in [0, 0.1) is 6.92 Å². The zero-order chi connectivity index (χ0) is 13.9. The molecule has 3 nitrogen and oxygen atoms in total. The second kappa shape index (κ2) is 5.91. The fourth-order valence-electron chi connectivity index (χ4n) is 1.56. The van der Waals surface area contributed by atoms with Crippen LogP contribution in [0.2, 0.25) is 10.0 Å². The first-order valence-electron chi connectivity index (χ1n) is 5.90. The van der Waals surface area contributed by atoms with Gasteiger partial charge in [-0.25, -0.2) is 0 Å². The van der Waals surface area contributed by atoms with Gasteiger partial charge in [0.2, 0.25) is 5.91 Å². The van der Waals surface area contributed by atoms with Gasteiger partial charge in [-0.15, -0.1) is 0 Å². The van der Waals surface area contributed by atoms with Crippen molar-refractivity contribution in [1.29, 1.82) is 0 Å². The van der Waals surface area contributed by atoms with Gasteiger partial charge in [0.1, 0.15) is 0 Å². The molecule has 0 unspecified atom stereocenters. The van der Waals surface area contributed by atoms with Crippen LogP contribution < -0.4 is 11.1 Å². The highest BCUT2D eigenvalue weighted by Crippen LogP contribution is 2.29. The van der Waals surface area contributed by atoms with Crippen molar-refractivity contribution in [3.8, 4) is 0 Å². The largest absolute Gasteiger partial charge is 0.323 e. The van der Waals surface area contributed by atoms with E-state index in [4.69, 9.17) is 28.9 Å². The normalized spacial score (nSPS) is 11.4. The Balaban J connectivity index is 2.98. The number of nitrogens with one attached hydrogen (secondary N) is 1. The van der Waals surface area contributed by atoms with E-state index < -0.39 is 5.54 Å². The zero-order valence-corrected chi connectivity index (χ0v) is 12.3. The SMILES string of the molecule is CCC(N)(CC)C(=O)Nc1cc(Cl)c(C)cc1Cl. The average Bonchev–Trinajstić information content (AvgIpc) is 2.34. The Labute approximate surface area is 118 Å². The van der Waals surface area contributed by atoms with Gasteiger partial charge in [-0.1, -0.05) is 37.0 Å². The van der Waals surface area contributed by atoms with Gasteiger partial charge in [0.15, 0.2) is 0 Å². The lowest BCUT2D eigenvalue weighted by molar-refractivity contribution is -0.121. The summed E-state index contributed by atoms with van der Waals surface area (Å²) >= 11 is 12.1. The van der Waals surface area contributed by atoms with E-state index >= 15 is 0 Å². The van der Waals surface area contributed by atoms with Crippen LogP contribution in [-0.2, 0) is 4.79 Å². The maximum Gasteiger partial charge on any atom is 0.244 e. The van der Waals surface area contributed by atoms with E-state index in [2.05, 4.69) is 5.32 Å². The van der Waals surface area contributed by atoms with Gasteiger partial charge in [-0.05, 0) is 37.5 Å². The molecule has 1 aromatic carbocycles. The molecule has 18 heavy (non-hydrogen) atoms. The number of hydrogen-bond acceptors (Lipinski definition) is 2. The number of halogens is 2. The lowest BCUT2D eigenvalue weighted by Crippen LogP contribution is -2.50. The molecule has 1 aromatic rings. The first kappa shape index (κ1) is 15.3. The van der Waals surface area contributed by atoms with Crippen LogP contribution in [0.15, 0.2) is 12.1 Å². The molecule has 0 saturated heterocycles. The highest BCUT2D eigenvalue weighted by molar-refractivity contribution is 6.36. The van der Waals surface area contributed by atoms with E-state index in [0.29, 0.717) is 28.6 Å². The molecule has 0 saturated carbocycles. The summed E-state index contributed by atoms with van der Waals surface area (Å²) in [5.41, 5.74) is 6.50. The summed E-state index contributed by atoms with van der Waals surface area (Å²) in [5.74, 6) is -0.241. The molecule has 0 atom stereocenters. The predicted octanol–water partition coefficient (Wildman–Crippen LogP) is 3.76. The van der Waals surface area contributed by atoms with Gasteiger partial charge in [0, 0.05) is 5.02 Å². The lowest BCUT2D eigenvalue weighted by atomic mass is 9.93. The fraction of sp³-hybridized carbons (Fsp3) is 0.462. The number of aryl methyl sites for hydroxylation is 1. The predicted molar refractivity (Wildman–Crippen MR) is 77.3 cm³/mol. The minimum Gasteiger partial charge on any atom is -0.323 e. The van der Waals surface area contributed by atoms with E-state index in [1.165, 1.54) is 0 Å². The van der Waals surface area contributed by atoms with Crippen LogP contribution in [-0.4, -0.2) is 11.4 Å². The molecule has 1 rings (SSSR count). The van der Waals surface area contributed by atoms with E-state index in [-0.39, 0.29) is 5.91 Å². The van der Waals surface area contributed by atoms with Gasteiger partial charge in [-0.3, -0.25) is 4.79 Å². The highest BCUT2D eigenvalue weighted by atomic mass is 35.5. The third-order valence-corrected chi connectivity index (χ3v) is 3.93. The minimum absolute atomic E-state index is 0.241. The molecule has 0 aliphatic rings. The Hall–Kier alpha value is -0.770. The number of benzene rings is 1. The van der Waals surface area contributed by atoms with Crippen LogP contribution in [0.5, 0.6) is 0 Å². The summed E-state index contributed by atoms with van der Waals surface area (Å²) in [4.78, 5) is 12.1. The second-order valence-corrected chi connectivity index (χ2v) is 5.21. The molecule has 0 bridgehead atoms. The zero-order valence-electron chi connectivity index (χ0n) is 10.8. The Morgan fingerprint density at radius 3 is 2.33 bits per heavy atom. The van der Waals surface area contributed by atoms with Crippen molar-refractivity contribution in [2.75, 3.05) is 5.32 Å². The minimum atomic E-state index is -0.874. The molecule has 5 heteroatoms. The van der Waals surface area contributed by atoms with E-state index in [1.54, 1.807) is 12.1 Å². The van der Waals surface area contributed by atoms with Crippen molar-refractivity contribution < 1.29 is 4.79 Å². The molecule has 0 aromatic heterocycles. The summed E-state index contributed by atoms with van der Waals surface area (Å²) in [6, 6.07) is 3.36. The fourth-order valence-corrected chi connectivity index (χ4v) is 1.99. The highest BCUT2D eigenvalue weighted by Gasteiger charge is 2.30. The number of carbonyl (C=O) groups is 1. The van der Waals surface area contributed by atoms with Crippen molar-refractivity contribution in [1.82, 2.24) is 0 Å². The number of amides is 1. The van der Waals surface area contributed by atoms with E-state index in [0.717, 1.165) is 5.56 Å². The number of carbonyl (C=O) groups excluding carboxylic acids is 1. The van der Waals surface area contributed by atoms with Crippen LogP contribution in [0.25, 0.3) is 0 Å². The Kier molecular flexibility index (Phi) is 5.02. The quantitative estimate of drug-likeness (QED) is 0.886. The van der Waals surface area contributed by atoms with Gasteiger partial charge >= 0.3 is 0 Å². The number of anilines is 1. The van der Waals surface area contributed by atoms with E-state index in [9.17, 15) is 4.79 Å². The molecule has 0 heterocycles. The molecule has 1 amide bonds. The van der Waals surface area contributed by atoms with Crippen LogP contribution in [0.4, 0.5) is 5.69 Å². The maximum atomic E-state index is 12.1. The van der Waals surface area contributed by atoms with Crippen molar-refractivity contribution in [3.63, 3.8) is 0 Å². The maximum absolute atomic E-state index is 12.1. The molecular formula is C13H18Cl2N2O. The Morgan fingerprint density at radius 2 is 1.83 bits per heavy atom. The van der Waals surface area contributed by atoms with Crippen LogP contribution in [0.1, 0.15) is 32.3 Å². The molecule has 0 radical (unpaired) electrons. The second-order valence-electron chi connectivity index (χ2n) is 4.40. The monoisotopic (exact) mass is 288 g/mol. The van der Waals surface area contributed by atoms with Gasteiger partial charge in [0.05, 0.1) is 16.2 Å². The summed E-state index contributed by atoms with van der Waals surface area (Å²) in [6.07, 6.45) is 1.12. The number of nitrogens with two attached hydrogens (primary N) is 1. The Morgan fingerprint density at radius 1 is 1.28 bits per heavy atom. The third-order valence-electron chi connectivity index (χ3n) is 3.21. The van der Waals surface area contributed by atoms with E-state index in [1.807, 2.05) is 20.8 Å². The molecule has 0 fully saturated rings. The molecule has 0 aliphatic heterocycles.